The van der Waals surface area contributed by atoms with Gasteiger partial charge in [-0.2, -0.15) is 0 Å². The lowest BCUT2D eigenvalue weighted by atomic mass is 9.33. The number of nitrogens with zero attached hydrogens (tertiary/aromatic N) is 3. The van der Waals surface area contributed by atoms with E-state index in [2.05, 4.69) is 413 Å². The van der Waals surface area contributed by atoms with Crippen LogP contribution in [-0.4, -0.2) is 11.3 Å². The lowest BCUT2D eigenvalue weighted by molar-refractivity contribution is 0.590. The summed E-state index contributed by atoms with van der Waals surface area (Å²) >= 11 is 0. The lowest BCUT2D eigenvalue weighted by Crippen LogP contribution is -2.61. The summed E-state index contributed by atoms with van der Waals surface area (Å²) in [7, 11) is 0. The standard InChI is InChI=1S/C108H88BN3/c1-103(2,3)65-49-55-69(56-50-65)110-94-59-53-67(105(7,8)9)61-92(94)109-93-62-68(106(10,11)12)54-60-95(93)111(70-57-51-66(52-58-70)104(4,5)6)97-64-71(63-96(110)100(97)109)112-101-82(80-37-25-35-78-76-33-17-23-47-90(76)107(98(78)80)86-43-19-13-29-72(86)73-30-14-20-44-87(73)107)39-27-41-84(101)85-42-28-40-83(102(85)112)81-38-26-36-79-77-34-18-24-48-91(77)108(99(79)81)88-45-21-15-31-74(88)75-32-16-22-46-89(75)108/h13-64H,1-12H3. The Kier molecular flexibility index (Phi) is 13.8. The molecule has 0 radical (unpaired) electrons. The molecule has 4 aliphatic carbocycles. The van der Waals surface area contributed by atoms with Crippen molar-refractivity contribution in [3.8, 4) is 72.4 Å². The first-order valence-corrected chi connectivity index (χ1v) is 40.3. The number of aromatic nitrogens is 1. The summed E-state index contributed by atoms with van der Waals surface area (Å²) in [5.74, 6) is 0. The van der Waals surface area contributed by atoms with Crippen LogP contribution < -0.4 is 26.2 Å². The smallest absolute Gasteiger partial charge is 0.252 e. The fraction of sp³-hybridized carbons (Fsp3) is 0.167. The van der Waals surface area contributed by atoms with Crippen LogP contribution in [0.15, 0.2) is 315 Å². The normalized spacial score (nSPS) is 14.7. The van der Waals surface area contributed by atoms with Crippen molar-refractivity contribution in [2.45, 2.75) is 116 Å². The summed E-state index contributed by atoms with van der Waals surface area (Å²) in [5.41, 5.74) is 43.6. The molecule has 1 aromatic heterocycles. The molecule has 4 heteroatoms. The number of para-hydroxylation sites is 2. The number of hydrogen-bond donors (Lipinski definition) is 0. The molecule has 22 rings (SSSR count). The van der Waals surface area contributed by atoms with Gasteiger partial charge in [0.25, 0.3) is 6.71 Å². The molecule has 0 unspecified atom stereocenters. The van der Waals surface area contributed by atoms with Gasteiger partial charge in [-0.25, -0.2) is 0 Å². The van der Waals surface area contributed by atoms with E-state index in [9.17, 15) is 0 Å². The van der Waals surface area contributed by atoms with E-state index >= 15 is 0 Å². The second kappa shape index (κ2) is 23.2. The van der Waals surface area contributed by atoms with Gasteiger partial charge in [0.1, 0.15) is 0 Å². The zero-order valence-electron chi connectivity index (χ0n) is 65.9. The Morgan fingerprint density at radius 3 is 0.821 bits per heavy atom. The number of hydrogen-bond acceptors (Lipinski definition) is 2. The molecule has 2 spiro atoms. The van der Waals surface area contributed by atoms with Gasteiger partial charge in [0.2, 0.25) is 0 Å². The Morgan fingerprint density at radius 2 is 0.500 bits per heavy atom. The van der Waals surface area contributed by atoms with Crippen molar-refractivity contribution in [3.63, 3.8) is 0 Å². The third kappa shape index (κ3) is 8.95. The van der Waals surface area contributed by atoms with Crippen LogP contribution in [-0.2, 0) is 32.5 Å². The van der Waals surface area contributed by atoms with Gasteiger partial charge in [0, 0.05) is 56.0 Å². The molecule has 0 atom stereocenters. The van der Waals surface area contributed by atoms with Crippen molar-refractivity contribution in [2.24, 2.45) is 0 Å². The van der Waals surface area contributed by atoms with Crippen LogP contribution in [0, 0.1) is 0 Å². The Labute approximate surface area is 659 Å². The predicted molar refractivity (Wildman–Crippen MR) is 473 cm³/mol. The van der Waals surface area contributed by atoms with Crippen molar-refractivity contribution >= 4 is 79.0 Å². The number of rotatable bonds is 5. The van der Waals surface area contributed by atoms with E-state index in [1.165, 1.54) is 172 Å². The van der Waals surface area contributed by atoms with Crippen molar-refractivity contribution in [2.75, 3.05) is 9.80 Å². The van der Waals surface area contributed by atoms with E-state index in [-0.39, 0.29) is 28.4 Å². The first kappa shape index (κ1) is 66.7. The van der Waals surface area contributed by atoms with Gasteiger partial charge in [-0.3, -0.25) is 0 Å². The van der Waals surface area contributed by atoms with Gasteiger partial charge in [0.05, 0.1) is 27.6 Å². The Hall–Kier alpha value is -12.2. The van der Waals surface area contributed by atoms with E-state index in [4.69, 9.17) is 0 Å². The average Bonchev–Trinajstić information content (AvgIpc) is 1.48. The Morgan fingerprint density at radius 1 is 0.232 bits per heavy atom. The molecular formula is C108H88BN3. The molecule has 0 saturated heterocycles. The van der Waals surface area contributed by atoms with E-state index in [0.29, 0.717) is 0 Å². The minimum absolute atomic E-state index is 0.0642. The highest BCUT2D eigenvalue weighted by Gasteiger charge is 2.55. The monoisotopic (exact) mass is 1440 g/mol. The maximum absolute atomic E-state index is 2.77. The number of anilines is 6. The molecule has 538 valence electrons. The third-order valence-corrected chi connectivity index (χ3v) is 26.4. The first-order valence-electron chi connectivity index (χ1n) is 40.3. The zero-order chi connectivity index (χ0) is 76.0. The Balaban J connectivity index is 0.921. The van der Waals surface area contributed by atoms with Crippen molar-refractivity contribution in [1.82, 2.24) is 4.57 Å². The van der Waals surface area contributed by atoms with Crippen LogP contribution in [0.25, 0.3) is 94.3 Å². The molecule has 6 aliphatic rings. The van der Waals surface area contributed by atoms with Crippen LogP contribution in [0.4, 0.5) is 34.1 Å². The summed E-state index contributed by atoms with van der Waals surface area (Å²) in [6.07, 6.45) is 0. The summed E-state index contributed by atoms with van der Waals surface area (Å²) in [6.45, 7) is 28.1. The highest BCUT2D eigenvalue weighted by Crippen LogP contribution is 2.67. The van der Waals surface area contributed by atoms with Crippen molar-refractivity contribution in [1.29, 1.82) is 0 Å². The molecule has 3 heterocycles. The maximum Gasteiger partial charge on any atom is 0.252 e. The summed E-state index contributed by atoms with van der Waals surface area (Å²) in [6, 6.07) is 124. The number of benzene rings is 15. The van der Waals surface area contributed by atoms with Crippen LogP contribution >= 0.6 is 0 Å². The molecule has 0 amide bonds. The second-order valence-corrected chi connectivity index (χ2v) is 36.6. The van der Waals surface area contributed by atoms with E-state index in [1.807, 2.05) is 0 Å². The molecule has 0 saturated carbocycles. The average molecular weight is 1440 g/mol. The minimum Gasteiger partial charge on any atom is -0.311 e. The van der Waals surface area contributed by atoms with Crippen LogP contribution in [0.1, 0.15) is 150 Å². The Bertz CT molecular complexity index is 6220. The van der Waals surface area contributed by atoms with Crippen LogP contribution in [0.5, 0.6) is 0 Å². The van der Waals surface area contributed by atoms with Gasteiger partial charge in [0.15, 0.2) is 0 Å². The summed E-state index contributed by atoms with van der Waals surface area (Å²) < 4.78 is 2.77. The van der Waals surface area contributed by atoms with Gasteiger partial charge >= 0.3 is 0 Å². The molecule has 15 aromatic carbocycles. The highest BCUT2D eigenvalue weighted by atomic mass is 15.2. The zero-order valence-corrected chi connectivity index (χ0v) is 65.9. The van der Waals surface area contributed by atoms with Gasteiger partial charge in [-0.05, 0) is 209 Å². The molecule has 16 aromatic rings. The van der Waals surface area contributed by atoms with E-state index in [0.717, 1.165) is 39.5 Å². The molecule has 0 fully saturated rings. The van der Waals surface area contributed by atoms with Crippen LogP contribution in [0.2, 0.25) is 0 Å². The van der Waals surface area contributed by atoms with Crippen molar-refractivity contribution < 1.29 is 0 Å². The van der Waals surface area contributed by atoms with E-state index in [1.54, 1.807) is 0 Å². The largest absolute Gasteiger partial charge is 0.311 e. The summed E-state index contributed by atoms with van der Waals surface area (Å²) in [4.78, 5) is 5.31. The predicted octanol–water partition coefficient (Wildman–Crippen LogP) is 26.1. The molecule has 2 aliphatic heterocycles. The number of fused-ring (bicyclic) bond motifs is 27. The lowest BCUT2D eigenvalue weighted by Gasteiger charge is -2.45. The van der Waals surface area contributed by atoms with Gasteiger partial charge < -0.3 is 14.4 Å². The van der Waals surface area contributed by atoms with Gasteiger partial charge in [-0.15, -0.1) is 0 Å². The minimum atomic E-state index is -0.626. The first-order chi connectivity index (χ1) is 54.1. The van der Waals surface area contributed by atoms with Gasteiger partial charge in [-0.1, -0.05) is 350 Å². The molecular weight excluding hydrogens is 1350 g/mol. The molecule has 112 heavy (non-hydrogen) atoms. The van der Waals surface area contributed by atoms with Crippen molar-refractivity contribution in [3.05, 3.63) is 382 Å². The summed E-state index contributed by atoms with van der Waals surface area (Å²) in [5, 5.41) is 2.39. The fourth-order valence-corrected chi connectivity index (χ4v) is 21.4. The second-order valence-electron chi connectivity index (χ2n) is 36.6. The fourth-order valence-electron chi connectivity index (χ4n) is 21.4. The highest BCUT2D eigenvalue weighted by molar-refractivity contribution is 7.00. The topological polar surface area (TPSA) is 11.4 Å². The quantitative estimate of drug-likeness (QED) is 0.159. The molecule has 0 bridgehead atoms. The maximum atomic E-state index is 2.77. The van der Waals surface area contributed by atoms with E-state index < -0.39 is 10.8 Å². The SMILES string of the molecule is CC(C)(C)c1ccc(N2c3ccc(C(C)(C)C)cc3B3c4cc(C(C)(C)C)ccc4N(c4ccc(C(C)(C)C)cc4)c4cc(-n5c6c(-c7cccc8c7C7(c9ccccc9-c9ccccc97)c7ccccc7-8)cccc6c6cccc(-c7cccc8c7C7(c9ccccc9-c9ccccc97)c7ccccc7-8)c65)cc2c43)cc1. The third-order valence-electron chi connectivity index (χ3n) is 26.4. The van der Waals surface area contributed by atoms with Crippen LogP contribution in [0.3, 0.4) is 0 Å². The molecule has 0 N–H and O–H groups in total. The molecule has 3 nitrogen and oxygen atoms in total.